The molecule has 0 amide bonds. The standard InChI is InChI=1S/C16H26N4OS/c1-12-14(13(2)20(18-12)7-8-21)10-17-11-15(19(3)4)16-6-5-9-22-16/h5-6,9,15,17,21H,7-8,10-11H2,1-4H3. The molecule has 122 valence electrons. The molecule has 0 saturated heterocycles. The Morgan fingerprint density at radius 1 is 1.41 bits per heavy atom. The van der Waals surface area contributed by atoms with Crippen LogP contribution < -0.4 is 5.32 Å². The third-order valence-electron chi connectivity index (χ3n) is 3.98. The van der Waals surface area contributed by atoms with E-state index in [2.05, 4.69) is 53.8 Å². The van der Waals surface area contributed by atoms with Gasteiger partial charge in [-0.15, -0.1) is 11.3 Å². The molecule has 0 aromatic carbocycles. The molecule has 6 heteroatoms. The third kappa shape index (κ3) is 3.95. The van der Waals surface area contributed by atoms with Gasteiger partial charge in [-0.25, -0.2) is 0 Å². The van der Waals surface area contributed by atoms with Gasteiger partial charge in [0.25, 0.3) is 0 Å². The van der Waals surface area contributed by atoms with Gasteiger partial charge in [-0.1, -0.05) is 6.07 Å². The van der Waals surface area contributed by atoms with Crippen molar-refractivity contribution in [3.63, 3.8) is 0 Å². The minimum Gasteiger partial charge on any atom is -0.394 e. The molecule has 0 aliphatic rings. The summed E-state index contributed by atoms with van der Waals surface area (Å²) in [7, 11) is 4.23. The molecular formula is C16H26N4OS. The number of hydrogen-bond donors (Lipinski definition) is 2. The summed E-state index contributed by atoms with van der Waals surface area (Å²) in [5.74, 6) is 0. The Morgan fingerprint density at radius 2 is 2.18 bits per heavy atom. The van der Waals surface area contributed by atoms with E-state index in [4.69, 9.17) is 5.11 Å². The largest absolute Gasteiger partial charge is 0.394 e. The molecule has 2 rings (SSSR count). The van der Waals surface area contributed by atoms with Crippen molar-refractivity contribution in [1.82, 2.24) is 20.0 Å². The lowest BCUT2D eigenvalue weighted by atomic mass is 10.1. The quantitative estimate of drug-likeness (QED) is 0.780. The first-order chi connectivity index (χ1) is 10.5. The highest BCUT2D eigenvalue weighted by molar-refractivity contribution is 7.10. The van der Waals surface area contributed by atoms with Crippen molar-refractivity contribution in [2.45, 2.75) is 33.0 Å². The zero-order valence-corrected chi connectivity index (χ0v) is 14.7. The van der Waals surface area contributed by atoms with E-state index >= 15 is 0 Å². The number of nitrogens with zero attached hydrogens (tertiary/aromatic N) is 3. The van der Waals surface area contributed by atoms with Gasteiger partial charge in [-0.05, 0) is 39.4 Å². The van der Waals surface area contributed by atoms with Crippen LogP contribution in [-0.4, -0.2) is 47.0 Å². The van der Waals surface area contributed by atoms with Crippen LogP contribution in [0.25, 0.3) is 0 Å². The summed E-state index contributed by atoms with van der Waals surface area (Å²) < 4.78 is 1.88. The first-order valence-corrected chi connectivity index (χ1v) is 8.46. The summed E-state index contributed by atoms with van der Waals surface area (Å²) in [6.07, 6.45) is 0. The molecule has 0 spiro atoms. The van der Waals surface area contributed by atoms with Crippen molar-refractivity contribution in [1.29, 1.82) is 0 Å². The van der Waals surface area contributed by atoms with Crippen LogP contribution in [-0.2, 0) is 13.1 Å². The molecule has 1 unspecified atom stereocenters. The molecule has 0 fully saturated rings. The number of aliphatic hydroxyl groups excluding tert-OH is 1. The van der Waals surface area contributed by atoms with E-state index in [9.17, 15) is 0 Å². The molecule has 0 radical (unpaired) electrons. The molecule has 0 aliphatic carbocycles. The SMILES string of the molecule is Cc1nn(CCO)c(C)c1CNCC(c1cccs1)N(C)C. The zero-order chi connectivity index (χ0) is 16.1. The number of hydrogen-bond acceptors (Lipinski definition) is 5. The number of rotatable bonds is 8. The Bertz CT molecular complexity index is 577. The topological polar surface area (TPSA) is 53.3 Å². The predicted molar refractivity (Wildman–Crippen MR) is 91.2 cm³/mol. The number of aromatic nitrogens is 2. The molecule has 22 heavy (non-hydrogen) atoms. The highest BCUT2D eigenvalue weighted by atomic mass is 32.1. The normalized spacial score (nSPS) is 13.0. The van der Waals surface area contributed by atoms with Crippen molar-refractivity contribution in [3.05, 3.63) is 39.3 Å². The fraction of sp³-hybridized carbons (Fsp3) is 0.562. The Morgan fingerprint density at radius 3 is 2.77 bits per heavy atom. The van der Waals surface area contributed by atoms with E-state index in [0.29, 0.717) is 12.6 Å². The van der Waals surface area contributed by atoms with E-state index < -0.39 is 0 Å². The second kappa shape index (κ2) is 7.87. The summed E-state index contributed by atoms with van der Waals surface area (Å²) in [4.78, 5) is 3.62. The van der Waals surface area contributed by atoms with Gasteiger partial charge in [0.2, 0.25) is 0 Å². The van der Waals surface area contributed by atoms with Gasteiger partial charge >= 0.3 is 0 Å². The summed E-state index contributed by atoms with van der Waals surface area (Å²) in [5.41, 5.74) is 3.41. The van der Waals surface area contributed by atoms with Crippen LogP contribution in [0.3, 0.4) is 0 Å². The fourth-order valence-electron chi connectivity index (χ4n) is 2.65. The average Bonchev–Trinajstić information content (AvgIpc) is 3.07. The Kier molecular flexibility index (Phi) is 6.14. The maximum atomic E-state index is 9.08. The van der Waals surface area contributed by atoms with Crippen molar-refractivity contribution in [2.75, 3.05) is 27.2 Å². The van der Waals surface area contributed by atoms with Gasteiger partial charge in [-0.3, -0.25) is 4.68 Å². The van der Waals surface area contributed by atoms with Gasteiger partial charge in [0.15, 0.2) is 0 Å². The predicted octanol–water partition coefficient (Wildman–Crippen LogP) is 1.95. The number of nitrogens with one attached hydrogen (secondary N) is 1. The molecule has 2 aromatic heterocycles. The average molecular weight is 322 g/mol. The minimum absolute atomic E-state index is 0.121. The lowest BCUT2D eigenvalue weighted by Gasteiger charge is -2.23. The zero-order valence-electron chi connectivity index (χ0n) is 13.8. The lowest BCUT2D eigenvalue weighted by Crippen LogP contribution is -2.30. The molecule has 0 bridgehead atoms. The third-order valence-corrected chi connectivity index (χ3v) is 4.95. The molecule has 2 N–H and O–H groups in total. The van der Waals surface area contributed by atoms with Crippen LogP contribution >= 0.6 is 11.3 Å². The second-order valence-electron chi connectivity index (χ2n) is 5.72. The monoisotopic (exact) mass is 322 g/mol. The number of likely N-dealkylation sites (N-methyl/N-ethyl adjacent to an activating group) is 1. The van der Waals surface area contributed by atoms with E-state index in [-0.39, 0.29) is 6.61 Å². The summed E-state index contributed by atoms with van der Waals surface area (Å²) >= 11 is 1.80. The molecule has 5 nitrogen and oxygen atoms in total. The van der Waals surface area contributed by atoms with Crippen LogP contribution in [0, 0.1) is 13.8 Å². The van der Waals surface area contributed by atoms with Crippen molar-refractivity contribution < 1.29 is 5.11 Å². The van der Waals surface area contributed by atoms with Gasteiger partial charge in [-0.2, -0.15) is 5.10 Å². The molecule has 1 atom stereocenters. The molecule has 0 saturated carbocycles. The summed E-state index contributed by atoms with van der Waals surface area (Å²) in [6, 6.07) is 4.67. The van der Waals surface area contributed by atoms with E-state index in [1.165, 1.54) is 10.4 Å². The maximum absolute atomic E-state index is 9.08. The van der Waals surface area contributed by atoms with E-state index in [1.54, 1.807) is 11.3 Å². The van der Waals surface area contributed by atoms with E-state index in [1.807, 2.05) is 11.6 Å². The van der Waals surface area contributed by atoms with Crippen molar-refractivity contribution in [2.24, 2.45) is 0 Å². The first-order valence-electron chi connectivity index (χ1n) is 7.59. The number of aryl methyl sites for hydroxylation is 1. The van der Waals surface area contributed by atoms with Gasteiger partial charge in [0, 0.05) is 29.2 Å². The minimum atomic E-state index is 0.121. The smallest absolute Gasteiger partial charge is 0.0644 e. The molecule has 0 aliphatic heterocycles. The maximum Gasteiger partial charge on any atom is 0.0644 e. The summed E-state index contributed by atoms with van der Waals surface area (Å²) in [5, 5.41) is 19.3. The van der Waals surface area contributed by atoms with Crippen LogP contribution in [0.2, 0.25) is 0 Å². The Hall–Kier alpha value is -1.21. The second-order valence-corrected chi connectivity index (χ2v) is 6.70. The van der Waals surface area contributed by atoms with Gasteiger partial charge in [0.05, 0.1) is 24.9 Å². The summed E-state index contributed by atoms with van der Waals surface area (Å²) in [6.45, 7) is 6.48. The highest BCUT2D eigenvalue weighted by Gasteiger charge is 2.16. The molecular weight excluding hydrogens is 296 g/mol. The van der Waals surface area contributed by atoms with Crippen molar-refractivity contribution in [3.8, 4) is 0 Å². The van der Waals surface area contributed by atoms with Gasteiger partial charge in [0.1, 0.15) is 0 Å². The molecule has 2 aromatic rings. The number of aliphatic hydroxyl groups is 1. The molecule has 2 heterocycles. The van der Waals surface area contributed by atoms with Crippen LogP contribution in [0.4, 0.5) is 0 Å². The fourth-order valence-corrected chi connectivity index (χ4v) is 3.58. The Balaban J connectivity index is 1.98. The van der Waals surface area contributed by atoms with Gasteiger partial charge < -0.3 is 15.3 Å². The first kappa shape index (κ1) is 17.1. The van der Waals surface area contributed by atoms with Crippen molar-refractivity contribution >= 4 is 11.3 Å². The van der Waals surface area contributed by atoms with Crippen LogP contribution in [0.5, 0.6) is 0 Å². The van der Waals surface area contributed by atoms with Crippen LogP contribution in [0.15, 0.2) is 17.5 Å². The lowest BCUT2D eigenvalue weighted by molar-refractivity contribution is 0.267. The number of thiophene rings is 1. The van der Waals surface area contributed by atoms with E-state index in [0.717, 1.165) is 24.5 Å². The van der Waals surface area contributed by atoms with Crippen LogP contribution in [0.1, 0.15) is 27.9 Å². The highest BCUT2D eigenvalue weighted by Crippen LogP contribution is 2.22. The Labute approximate surface area is 136 Å².